The number of alkyl halides is 3. The summed E-state index contributed by atoms with van der Waals surface area (Å²) in [6.45, 7) is 1.67. The van der Waals surface area contributed by atoms with Crippen molar-refractivity contribution in [3.63, 3.8) is 0 Å². The Morgan fingerprint density at radius 1 is 1.05 bits per heavy atom. The fourth-order valence-corrected chi connectivity index (χ4v) is 2.66. The van der Waals surface area contributed by atoms with Crippen LogP contribution in [-0.4, -0.2) is 12.9 Å². The maximum absolute atomic E-state index is 12.3. The van der Waals surface area contributed by atoms with Crippen LogP contribution in [0, 0.1) is 0 Å². The Morgan fingerprint density at radius 2 is 1.86 bits per heavy atom. The molecule has 0 fully saturated rings. The number of halogens is 3. The molecule has 0 radical (unpaired) electrons. The van der Waals surface area contributed by atoms with Gasteiger partial charge in [0.25, 0.3) is 0 Å². The molecule has 1 aliphatic heterocycles. The van der Waals surface area contributed by atoms with Gasteiger partial charge in [-0.25, -0.2) is 0 Å². The molecule has 0 atom stereocenters. The summed E-state index contributed by atoms with van der Waals surface area (Å²) in [5, 5.41) is 3.29. The zero-order valence-corrected chi connectivity index (χ0v) is 11.2. The summed E-state index contributed by atoms with van der Waals surface area (Å²) in [5.74, 6) is -0.188. The number of fused-ring (bicyclic) bond motifs is 1. The second kappa shape index (κ2) is 5.41. The molecule has 1 heterocycles. The molecule has 0 unspecified atom stereocenters. The zero-order valence-electron chi connectivity index (χ0n) is 11.2. The molecule has 0 aromatic heterocycles. The van der Waals surface area contributed by atoms with Gasteiger partial charge in [0.1, 0.15) is 5.75 Å². The summed E-state index contributed by atoms with van der Waals surface area (Å²) in [5.41, 5.74) is 4.11. The topological polar surface area (TPSA) is 21.3 Å². The van der Waals surface area contributed by atoms with Crippen molar-refractivity contribution < 1.29 is 17.9 Å². The van der Waals surface area contributed by atoms with Crippen LogP contribution in [-0.2, 0) is 13.0 Å². The van der Waals surface area contributed by atoms with Crippen LogP contribution in [0.4, 0.5) is 13.2 Å². The first-order valence-corrected chi connectivity index (χ1v) is 6.70. The Morgan fingerprint density at radius 3 is 2.67 bits per heavy atom. The van der Waals surface area contributed by atoms with Crippen LogP contribution in [0.3, 0.4) is 0 Å². The minimum Gasteiger partial charge on any atom is -0.406 e. The van der Waals surface area contributed by atoms with E-state index in [9.17, 15) is 13.2 Å². The lowest BCUT2D eigenvalue weighted by atomic mass is 9.91. The summed E-state index contributed by atoms with van der Waals surface area (Å²) >= 11 is 0. The van der Waals surface area contributed by atoms with Crippen LogP contribution >= 0.6 is 0 Å². The van der Waals surface area contributed by atoms with E-state index in [1.165, 1.54) is 23.3 Å². The Kier molecular flexibility index (Phi) is 3.59. The first-order chi connectivity index (χ1) is 10.0. The first-order valence-electron chi connectivity index (χ1n) is 6.70. The SMILES string of the molecule is FC(F)(F)Oc1cccc(-c2cccc3c2CCNC3)c1. The Labute approximate surface area is 120 Å². The highest BCUT2D eigenvalue weighted by molar-refractivity contribution is 5.70. The number of rotatable bonds is 2. The number of nitrogens with one attached hydrogen (secondary N) is 1. The van der Waals surface area contributed by atoms with Crippen LogP contribution in [0.2, 0.25) is 0 Å². The molecule has 0 amide bonds. The molecule has 0 saturated carbocycles. The second-order valence-electron chi connectivity index (χ2n) is 4.95. The molecule has 2 aromatic rings. The van der Waals surface area contributed by atoms with Crippen molar-refractivity contribution in [2.45, 2.75) is 19.3 Å². The number of ether oxygens (including phenoxy) is 1. The Hall–Kier alpha value is -2.01. The zero-order chi connectivity index (χ0) is 14.9. The molecule has 0 aliphatic carbocycles. The number of benzene rings is 2. The normalized spacial score (nSPS) is 14.6. The largest absolute Gasteiger partial charge is 0.573 e. The number of hydrogen-bond donors (Lipinski definition) is 1. The first kappa shape index (κ1) is 13.9. The number of hydrogen-bond acceptors (Lipinski definition) is 2. The maximum atomic E-state index is 12.3. The molecular weight excluding hydrogens is 279 g/mol. The van der Waals surface area contributed by atoms with E-state index in [1.807, 2.05) is 18.2 Å². The van der Waals surface area contributed by atoms with Crippen LogP contribution < -0.4 is 10.1 Å². The molecule has 1 N–H and O–H groups in total. The molecule has 2 aromatic carbocycles. The van der Waals surface area contributed by atoms with Crippen molar-refractivity contribution in [1.82, 2.24) is 5.32 Å². The third kappa shape index (κ3) is 3.19. The summed E-state index contributed by atoms with van der Waals surface area (Å²) in [4.78, 5) is 0. The van der Waals surface area contributed by atoms with Crippen molar-refractivity contribution in [3.05, 3.63) is 53.6 Å². The molecule has 21 heavy (non-hydrogen) atoms. The molecule has 0 spiro atoms. The van der Waals surface area contributed by atoms with Crippen molar-refractivity contribution in [2.75, 3.05) is 6.54 Å². The lowest BCUT2D eigenvalue weighted by Gasteiger charge is -2.20. The fourth-order valence-electron chi connectivity index (χ4n) is 2.66. The molecule has 2 nitrogen and oxygen atoms in total. The van der Waals surface area contributed by atoms with Gasteiger partial charge in [-0.3, -0.25) is 0 Å². The van der Waals surface area contributed by atoms with E-state index in [0.29, 0.717) is 0 Å². The van der Waals surface area contributed by atoms with Gasteiger partial charge >= 0.3 is 6.36 Å². The predicted molar refractivity (Wildman–Crippen MR) is 74.0 cm³/mol. The van der Waals surface area contributed by atoms with Gasteiger partial charge in [-0.05, 0) is 47.4 Å². The predicted octanol–water partition coefficient (Wildman–Crippen LogP) is 3.90. The molecule has 5 heteroatoms. The molecule has 1 aliphatic rings. The van der Waals surface area contributed by atoms with E-state index in [4.69, 9.17) is 0 Å². The average Bonchev–Trinajstić information content (AvgIpc) is 2.45. The van der Waals surface area contributed by atoms with E-state index in [2.05, 4.69) is 10.1 Å². The minimum atomic E-state index is -4.67. The quantitative estimate of drug-likeness (QED) is 0.906. The fraction of sp³-hybridized carbons (Fsp3) is 0.250. The van der Waals surface area contributed by atoms with E-state index >= 15 is 0 Å². The van der Waals surface area contributed by atoms with Crippen molar-refractivity contribution in [3.8, 4) is 16.9 Å². The molecular formula is C16H14F3NO. The van der Waals surface area contributed by atoms with Gasteiger partial charge in [-0.15, -0.1) is 13.2 Å². The third-order valence-corrected chi connectivity index (χ3v) is 3.52. The van der Waals surface area contributed by atoms with Crippen LogP contribution in [0.25, 0.3) is 11.1 Å². The minimum absolute atomic E-state index is 0.188. The molecule has 110 valence electrons. The Balaban J connectivity index is 1.99. The van der Waals surface area contributed by atoms with Crippen molar-refractivity contribution >= 4 is 0 Å². The Bertz CT molecular complexity index is 652. The highest BCUT2D eigenvalue weighted by Crippen LogP contribution is 2.32. The summed E-state index contributed by atoms with van der Waals surface area (Å²) in [6, 6.07) is 12.0. The summed E-state index contributed by atoms with van der Waals surface area (Å²) in [6.07, 6.45) is -3.80. The van der Waals surface area contributed by atoms with Gasteiger partial charge in [-0.2, -0.15) is 0 Å². The van der Waals surface area contributed by atoms with Crippen LogP contribution in [0.5, 0.6) is 5.75 Å². The lowest BCUT2D eigenvalue weighted by molar-refractivity contribution is -0.274. The standard InChI is InChI=1S/C16H14F3NO/c17-16(18,19)21-13-5-1-3-11(9-13)14-6-2-4-12-10-20-8-7-15(12)14/h1-6,9,20H,7-8,10H2. The second-order valence-corrected chi connectivity index (χ2v) is 4.95. The van der Waals surface area contributed by atoms with Gasteiger partial charge in [0.2, 0.25) is 0 Å². The van der Waals surface area contributed by atoms with Gasteiger partial charge in [0, 0.05) is 6.54 Å². The van der Waals surface area contributed by atoms with Crippen LogP contribution in [0.15, 0.2) is 42.5 Å². The van der Waals surface area contributed by atoms with E-state index in [1.54, 1.807) is 12.1 Å². The van der Waals surface area contributed by atoms with Gasteiger partial charge in [-0.1, -0.05) is 30.3 Å². The third-order valence-electron chi connectivity index (χ3n) is 3.52. The summed E-state index contributed by atoms with van der Waals surface area (Å²) in [7, 11) is 0. The van der Waals surface area contributed by atoms with Gasteiger partial charge in [0.05, 0.1) is 0 Å². The highest BCUT2D eigenvalue weighted by Gasteiger charge is 2.31. The van der Waals surface area contributed by atoms with E-state index in [-0.39, 0.29) is 5.75 Å². The van der Waals surface area contributed by atoms with Crippen molar-refractivity contribution in [1.29, 1.82) is 0 Å². The van der Waals surface area contributed by atoms with Gasteiger partial charge < -0.3 is 10.1 Å². The van der Waals surface area contributed by atoms with E-state index < -0.39 is 6.36 Å². The van der Waals surface area contributed by atoms with E-state index in [0.717, 1.165) is 30.6 Å². The summed E-state index contributed by atoms with van der Waals surface area (Å²) < 4.78 is 41.0. The maximum Gasteiger partial charge on any atom is 0.573 e. The molecule has 0 bridgehead atoms. The van der Waals surface area contributed by atoms with Crippen molar-refractivity contribution in [2.24, 2.45) is 0 Å². The van der Waals surface area contributed by atoms with Gasteiger partial charge in [0.15, 0.2) is 0 Å². The smallest absolute Gasteiger partial charge is 0.406 e. The molecule has 0 saturated heterocycles. The highest BCUT2D eigenvalue weighted by atomic mass is 19.4. The lowest BCUT2D eigenvalue weighted by Crippen LogP contribution is -2.24. The molecule has 3 rings (SSSR count). The average molecular weight is 293 g/mol. The monoisotopic (exact) mass is 293 g/mol. The van der Waals surface area contributed by atoms with Crippen LogP contribution in [0.1, 0.15) is 11.1 Å².